The second-order valence-electron chi connectivity index (χ2n) is 3.83. The van der Waals surface area contributed by atoms with E-state index in [0.717, 1.165) is 17.1 Å². The fourth-order valence-corrected chi connectivity index (χ4v) is 2.30. The largest absolute Gasteiger partial charge is 0.270 e. The molecule has 0 atom stereocenters. The lowest BCUT2D eigenvalue weighted by molar-refractivity contribution is 1.02. The Kier molecular flexibility index (Phi) is 2.94. The van der Waals surface area contributed by atoms with Crippen molar-refractivity contribution in [2.24, 2.45) is 0 Å². The number of hydrogen-bond donors (Lipinski definition) is 0. The van der Waals surface area contributed by atoms with Crippen LogP contribution in [-0.2, 0) is 0 Å². The average molecular weight is 300 g/mol. The molecule has 0 unspecified atom stereocenters. The zero-order valence-electron chi connectivity index (χ0n) is 9.49. The molecule has 3 aromatic rings. The molecule has 0 bridgehead atoms. The van der Waals surface area contributed by atoms with Gasteiger partial charge in [-0.3, -0.25) is 4.57 Å². The molecule has 0 radical (unpaired) electrons. The molecule has 0 N–H and O–H groups in total. The summed E-state index contributed by atoms with van der Waals surface area (Å²) in [4.78, 5) is 0. The molecule has 0 aliphatic heterocycles. The molecule has 0 spiro atoms. The molecular formula is C14H10BrN3. The SMILES string of the molecule is Brc1nnc(-c2ccccc2)n1-c1ccccc1. The van der Waals surface area contributed by atoms with Crippen molar-refractivity contribution in [3.05, 3.63) is 65.4 Å². The maximum atomic E-state index is 4.23. The van der Waals surface area contributed by atoms with Gasteiger partial charge in [-0.25, -0.2) is 0 Å². The van der Waals surface area contributed by atoms with Crippen LogP contribution in [0, 0.1) is 0 Å². The molecule has 88 valence electrons. The molecule has 2 aromatic carbocycles. The third kappa shape index (κ3) is 1.95. The van der Waals surface area contributed by atoms with Crippen LogP contribution >= 0.6 is 15.9 Å². The highest BCUT2D eigenvalue weighted by molar-refractivity contribution is 9.10. The van der Waals surface area contributed by atoms with Crippen LogP contribution in [0.15, 0.2) is 65.4 Å². The van der Waals surface area contributed by atoms with E-state index in [1.165, 1.54) is 0 Å². The quantitative estimate of drug-likeness (QED) is 0.722. The summed E-state index contributed by atoms with van der Waals surface area (Å²) in [6, 6.07) is 20.1. The topological polar surface area (TPSA) is 30.7 Å². The molecule has 3 rings (SSSR count). The maximum Gasteiger partial charge on any atom is 0.205 e. The lowest BCUT2D eigenvalue weighted by Gasteiger charge is -2.07. The number of rotatable bonds is 2. The number of benzene rings is 2. The molecule has 4 heteroatoms. The molecular weight excluding hydrogens is 290 g/mol. The van der Waals surface area contributed by atoms with E-state index in [9.17, 15) is 0 Å². The molecule has 0 saturated carbocycles. The molecule has 0 aliphatic carbocycles. The Hall–Kier alpha value is -1.94. The van der Waals surface area contributed by atoms with E-state index < -0.39 is 0 Å². The minimum Gasteiger partial charge on any atom is -0.270 e. The van der Waals surface area contributed by atoms with Gasteiger partial charge in [-0.2, -0.15) is 0 Å². The molecule has 0 saturated heterocycles. The highest BCUT2D eigenvalue weighted by Crippen LogP contribution is 2.24. The number of aromatic nitrogens is 3. The van der Waals surface area contributed by atoms with Crippen molar-refractivity contribution in [2.45, 2.75) is 0 Å². The van der Waals surface area contributed by atoms with E-state index in [1.807, 2.05) is 65.2 Å². The Morgan fingerprint density at radius 1 is 0.778 bits per heavy atom. The van der Waals surface area contributed by atoms with Gasteiger partial charge >= 0.3 is 0 Å². The number of hydrogen-bond acceptors (Lipinski definition) is 2. The van der Waals surface area contributed by atoms with Gasteiger partial charge in [0.25, 0.3) is 0 Å². The van der Waals surface area contributed by atoms with Gasteiger partial charge in [0, 0.05) is 11.3 Å². The first-order valence-corrected chi connectivity index (χ1v) is 6.37. The summed E-state index contributed by atoms with van der Waals surface area (Å²) in [6.45, 7) is 0. The summed E-state index contributed by atoms with van der Waals surface area (Å²) in [5.41, 5.74) is 2.08. The van der Waals surface area contributed by atoms with Crippen molar-refractivity contribution in [3.63, 3.8) is 0 Å². The van der Waals surface area contributed by atoms with Crippen molar-refractivity contribution < 1.29 is 0 Å². The minimum atomic E-state index is 0.701. The van der Waals surface area contributed by atoms with Gasteiger partial charge in [0.05, 0.1) is 0 Å². The first kappa shape index (κ1) is 11.2. The van der Waals surface area contributed by atoms with E-state index in [-0.39, 0.29) is 0 Å². The first-order valence-electron chi connectivity index (χ1n) is 5.58. The Balaban J connectivity index is 2.19. The van der Waals surface area contributed by atoms with Crippen LogP contribution in [0.2, 0.25) is 0 Å². The third-order valence-electron chi connectivity index (χ3n) is 2.67. The molecule has 1 heterocycles. The van der Waals surface area contributed by atoms with Crippen LogP contribution in [0.25, 0.3) is 17.1 Å². The molecule has 0 aliphatic rings. The Labute approximate surface area is 113 Å². The van der Waals surface area contributed by atoms with E-state index in [0.29, 0.717) is 4.73 Å². The number of nitrogens with zero attached hydrogens (tertiary/aromatic N) is 3. The van der Waals surface area contributed by atoms with E-state index in [4.69, 9.17) is 0 Å². The van der Waals surface area contributed by atoms with Crippen LogP contribution in [0.5, 0.6) is 0 Å². The van der Waals surface area contributed by atoms with Crippen LogP contribution in [0.1, 0.15) is 0 Å². The average Bonchev–Trinajstić information content (AvgIpc) is 2.83. The second kappa shape index (κ2) is 4.74. The molecule has 0 fully saturated rings. The smallest absolute Gasteiger partial charge is 0.205 e. The lowest BCUT2D eigenvalue weighted by Crippen LogP contribution is -1.97. The predicted molar refractivity (Wildman–Crippen MR) is 74.5 cm³/mol. The van der Waals surface area contributed by atoms with Gasteiger partial charge < -0.3 is 0 Å². The van der Waals surface area contributed by atoms with E-state index >= 15 is 0 Å². The number of para-hydroxylation sites is 1. The van der Waals surface area contributed by atoms with Crippen LogP contribution in [-0.4, -0.2) is 14.8 Å². The van der Waals surface area contributed by atoms with Crippen molar-refractivity contribution >= 4 is 15.9 Å². The van der Waals surface area contributed by atoms with Gasteiger partial charge in [0.1, 0.15) is 0 Å². The zero-order chi connectivity index (χ0) is 12.4. The highest BCUT2D eigenvalue weighted by atomic mass is 79.9. The van der Waals surface area contributed by atoms with E-state index in [2.05, 4.69) is 26.1 Å². The Morgan fingerprint density at radius 3 is 2.06 bits per heavy atom. The minimum absolute atomic E-state index is 0.701. The summed E-state index contributed by atoms with van der Waals surface area (Å²) in [5.74, 6) is 0.827. The lowest BCUT2D eigenvalue weighted by atomic mass is 10.2. The summed E-state index contributed by atoms with van der Waals surface area (Å²) in [6.07, 6.45) is 0. The predicted octanol–water partition coefficient (Wildman–Crippen LogP) is 3.70. The fourth-order valence-electron chi connectivity index (χ4n) is 1.85. The molecule has 0 amide bonds. The molecule has 1 aromatic heterocycles. The first-order chi connectivity index (χ1) is 8.86. The summed E-state index contributed by atoms with van der Waals surface area (Å²) in [5, 5.41) is 8.33. The standard InChI is InChI=1S/C14H10BrN3/c15-14-17-16-13(11-7-3-1-4-8-11)18(14)12-9-5-2-6-10-12/h1-10H. The highest BCUT2D eigenvalue weighted by Gasteiger charge is 2.12. The van der Waals surface area contributed by atoms with Crippen LogP contribution in [0.4, 0.5) is 0 Å². The van der Waals surface area contributed by atoms with Crippen molar-refractivity contribution in [1.29, 1.82) is 0 Å². The summed E-state index contributed by atoms with van der Waals surface area (Å²) >= 11 is 3.44. The fraction of sp³-hybridized carbons (Fsp3) is 0. The molecule has 18 heavy (non-hydrogen) atoms. The monoisotopic (exact) mass is 299 g/mol. The van der Waals surface area contributed by atoms with Gasteiger partial charge in [0.15, 0.2) is 5.82 Å². The zero-order valence-corrected chi connectivity index (χ0v) is 11.1. The van der Waals surface area contributed by atoms with Gasteiger partial charge in [-0.05, 0) is 28.1 Å². The normalized spacial score (nSPS) is 10.5. The summed E-state index contributed by atoms with van der Waals surface area (Å²) in [7, 11) is 0. The maximum absolute atomic E-state index is 4.23. The third-order valence-corrected chi connectivity index (χ3v) is 3.18. The van der Waals surface area contributed by atoms with Crippen LogP contribution < -0.4 is 0 Å². The van der Waals surface area contributed by atoms with Crippen molar-refractivity contribution in [2.75, 3.05) is 0 Å². The van der Waals surface area contributed by atoms with E-state index in [1.54, 1.807) is 0 Å². The van der Waals surface area contributed by atoms with Gasteiger partial charge in [-0.15, -0.1) is 10.2 Å². The van der Waals surface area contributed by atoms with Crippen molar-refractivity contribution in [3.8, 4) is 17.1 Å². The van der Waals surface area contributed by atoms with Gasteiger partial charge in [0.2, 0.25) is 4.73 Å². The van der Waals surface area contributed by atoms with Gasteiger partial charge in [-0.1, -0.05) is 48.5 Å². The second-order valence-corrected chi connectivity index (χ2v) is 4.54. The Bertz CT molecular complexity index is 647. The number of halogens is 1. The Morgan fingerprint density at radius 2 is 1.39 bits per heavy atom. The summed E-state index contributed by atoms with van der Waals surface area (Å²) < 4.78 is 2.68. The van der Waals surface area contributed by atoms with Crippen LogP contribution in [0.3, 0.4) is 0 Å². The molecule has 3 nitrogen and oxygen atoms in total. The van der Waals surface area contributed by atoms with Crippen molar-refractivity contribution in [1.82, 2.24) is 14.8 Å².